The second kappa shape index (κ2) is 7.43. The minimum Gasteiger partial charge on any atom is -0.388 e. The first kappa shape index (κ1) is 15.8. The molecule has 0 aromatic heterocycles. The summed E-state index contributed by atoms with van der Waals surface area (Å²) in [4.78, 5) is 12.3. The molecule has 0 radical (unpaired) electrons. The summed E-state index contributed by atoms with van der Waals surface area (Å²) in [5.74, 6) is -0.158. The molecule has 5 nitrogen and oxygen atoms in total. The van der Waals surface area contributed by atoms with E-state index in [1.807, 2.05) is 18.2 Å². The van der Waals surface area contributed by atoms with Crippen LogP contribution in [-0.2, 0) is 4.74 Å². The maximum Gasteiger partial charge on any atom is 0.253 e. The van der Waals surface area contributed by atoms with Gasteiger partial charge in [-0.3, -0.25) is 4.79 Å². The first-order chi connectivity index (χ1) is 10.1. The fourth-order valence-corrected chi connectivity index (χ4v) is 2.36. The van der Waals surface area contributed by atoms with Crippen molar-refractivity contribution in [3.8, 4) is 0 Å². The molecule has 1 heterocycles. The van der Waals surface area contributed by atoms with E-state index in [0.717, 1.165) is 18.7 Å². The normalized spacial score (nSPS) is 17.2. The number of carbonyl (C=O) groups is 1. The Kier molecular flexibility index (Phi) is 5.59. The molecular weight excluding hydrogens is 268 g/mol. The van der Waals surface area contributed by atoms with Crippen LogP contribution in [-0.4, -0.2) is 42.9 Å². The van der Waals surface area contributed by atoms with Crippen LogP contribution in [0.25, 0.3) is 0 Å². The molecule has 0 saturated carbocycles. The first-order valence-electron chi connectivity index (χ1n) is 7.56. The predicted molar refractivity (Wildman–Crippen MR) is 82.6 cm³/mol. The van der Waals surface area contributed by atoms with Crippen molar-refractivity contribution in [2.45, 2.75) is 31.8 Å². The maximum atomic E-state index is 12.3. The maximum absolute atomic E-state index is 12.3. The number of aliphatic hydroxyl groups is 1. The lowest BCUT2D eigenvalue weighted by Gasteiger charge is -2.32. The molecule has 2 rings (SSSR count). The van der Waals surface area contributed by atoms with E-state index in [1.54, 1.807) is 6.07 Å². The number of carbonyl (C=O) groups excluding carboxylic acids is 1. The molecule has 1 aromatic rings. The van der Waals surface area contributed by atoms with Crippen molar-refractivity contribution in [3.05, 3.63) is 29.8 Å². The quantitative estimate of drug-likeness (QED) is 0.747. The molecule has 0 atom stereocenters. The van der Waals surface area contributed by atoms with E-state index in [-0.39, 0.29) is 12.5 Å². The zero-order valence-corrected chi connectivity index (χ0v) is 12.5. The molecule has 0 spiro atoms. The monoisotopic (exact) mass is 292 g/mol. The molecule has 1 aliphatic rings. The number of hydrogen-bond donors (Lipinski definition) is 3. The molecule has 1 aromatic carbocycles. The highest BCUT2D eigenvalue weighted by Crippen LogP contribution is 2.20. The summed E-state index contributed by atoms with van der Waals surface area (Å²) in [5.41, 5.74) is 0.595. The first-order valence-corrected chi connectivity index (χ1v) is 7.56. The number of nitrogens with one attached hydrogen (secondary N) is 2. The molecule has 3 N–H and O–H groups in total. The Hall–Kier alpha value is -1.59. The third-order valence-electron chi connectivity index (χ3n) is 3.74. The van der Waals surface area contributed by atoms with Crippen molar-refractivity contribution in [1.29, 1.82) is 0 Å². The van der Waals surface area contributed by atoms with E-state index in [1.165, 1.54) is 0 Å². The van der Waals surface area contributed by atoms with Crippen LogP contribution in [0, 0.1) is 0 Å². The van der Waals surface area contributed by atoms with Gasteiger partial charge in [-0.25, -0.2) is 0 Å². The van der Waals surface area contributed by atoms with Gasteiger partial charge in [0.25, 0.3) is 5.91 Å². The number of hydrogen-bond acceptors (Lipinski definition) is 4. The number of para-hydroxylation sites is 1. The van der Waals surface area contributed by atoms with Crippen molar-refractivity contribution >= 4 is 11.6 Å². The Morgan fingerprint density at radius 2 is 2.05 bits per heavy atom. The van der Waals surface area contributed by atoms with Crippen LogP contribution >= 0.6 is 0 Å². The molecule has 0 unspecified atom stereocenters. The van der Waals surface area contributed by atoms with Crippen molar-refractivity contribution in [2.24, 2.45) is 0 Å². The van der Waals surface area contributed by atoms with Gasteiger partial charge in [0.05, 0.1) is 11.2 Å². The lowest BCUT2D eigenvalue weighted by molar-refractivity contribution is -0.0605. The molecule has 0 aliphatic carbocycles. The van der Waals surface area contributed by atoms with Gasteiger partial charge >= 0.3 is 0 Å². The fraction of sp³-hybridized carbons (Fsp3) is 0.562. The lowest BCUT2D eigenvalue weighted by Crippen LogP contribution is -2.46. The van der Waals surface area contributed by atoms with Crippen LogP contribution in [0.15, 0.2) is 24.3 Å². The zero-order valence-electron chi connectivity index (χ0n) is 12.5. The smallest absolute Gasteiger partial charge is 0.253 e. The summed E-state index contributed by atoms with van der Waals surface area (Å²) >= 11 is 0. The number of amides is 1. The minimum atomic E-state index is -0.848. The van der Waals surface area contributed by atoms with Crippen molar-refractivity contribution < 1.29 is 14.6 Å². The van der Waals surface area contributed by atoms with E-state index < -0.39 is 5.60 Å². The fourth-order valence-electron chi connectivity index (χ4n) is 2.36. The number of ether oxygens (including phenoxy) is 1. The predicted octanol–water partition coefficient (Wildman–Crippen LogP) is 1.78. The topological polar surface area (TPSA) is 70.6 Å². The molecule has 1 fully saturated rings. The average molecular weight is 292 g/mol. The molecule has 5 heteroatoms. The highest BCUT2D eigenvalue weighted by atomic mass is 16.5. The van der Waals surface area contributed by atoms with Gasteiger partial charge in [-0.1, -0.05) is 19.1 Å². The highest BCUT2D eigenvalue weighted by molar-refractivity contribution is 5.99. The molecule has 1 amide bonds. The van der Waals surface area contributed by atoms with E-state index >= 15 is 0 Å². The van der Waals surface area contributed by atoms with Crippen LogP contribution in [0.5, 0.6) is 0 Å². The van der Waals surface area contributed by atoms with Crippen LogP contribution < -0.4 is 10.6 Å². The summed E-state index contributed by atoms with van der Waals surface area (Å²) in [5, 5.41) is 16.5. The number of rotatable bonds is 6. The molecule has 1 aliphatic heterocycles. The highest BCUT2D eigenvalue weighted by Gasteiger charge is 2.30. The second-order valence-electron chi connectivity index (χ2n) is 5.49. The van der Waals surface area contributed by atoms with Crippen molar-refractivity contribution in [1.82, 2.24) is 5.32 Å². The molecule has 0 bridgehead atoms. The molecular formula is C16H24N2O3. The Morgan fingerprint density at radius 1 is 1.33 bits per heavy atom. The zero-order chi connectivity index (χ0) is 15.1. The van der Waals surface area contributed by atoms with E-state index in [4.69, 9.17) is 4.74 Å². The summed E-state index contributed by atoms with van der Waals surface area (Å²) < 4.78 is 5.24. The van der Waals surface area contributed by atoms with Crippen molar-refractivity contribution in [2.75, 3.05) is 31.6 Å². The summed E-state index contributed by atoms with van der Waals surface area (Å²) in [7, 11) is 0. The molecule has 1 saturated heterocycles. The number of anilines is 1. The van der Waals surface area contributed by atoms with Gasteiger partial charge in [-0.05, 0) is 18.6 Å². The summed E-state index contributed by atoms with van der Waals surface area (Å²) in [6, 6.07) is 7.44. The van der Waals surface area contributed by atoms with Gasteiger partial charge in [0, 0.05) is 44.8 Å². The standard InChI is InChI=1S/C16H24N2O3/c1-2-9-17-14-6-4-3-5-13(14)15(19)18-12-16(20)7-10-21-11-8-16/h3-6,17,20H,2,7-12H2,1H3,(H,18,19). The van der Waals surface area contributed by atoms with Gasteiger partial charge < -0.3 is 20.5 Å². The van der Waals surface area contributed by atoms with Crippen LogP contribution in [0.1, 0.15) is 36.5 Å². The van der Waals surface area contributed by atoms with Gasteiger partial charge in [-0.15, -0.1) is 0 Å². The Bertz CT molecular complexity index is 470. The summed E-state index contributed by atoms with van der Waals surface area (Å²) in [6.45, 7) is 4.25. The third kappa shape index (κ3) is 4.44. The van der Waals surface area contributed by atoms with Gasteiger partial charge in [0.2, 0.25) is 0 Å². The SMILES string of the molecule is CCCNc1ccccc1C(=O)NCC1(O)CCOCC1. The lowest BCUT2D eigenvalue weighted by atomic mass is 9.94. The Morgan fingerprint density at radius 3 is 2.76 bits per heavy atom. The Labute approximate surface area is 125 Å². The van der Waals surface area contributed by atoms with E-state index in [2.05, 4.69) is 17.6 Å². The van der Waals surface area contributed by atoms with E-state index in [0.29, 0.717) is 31.6 Å². The number of benzene rings is 1. The second-order valence-corrected chi connectivity index (χ2v) is 5.49. The Balaban J connectivity index is 1.96. The van der Waals surface area contributed by atoms with Crippen LogP contribution in [0.4, 0.5) is 5.69 Å². The van der Waals surface area contributed by atoms with Gasteiger partial charge in [0.15, 0.2) is 0 Å². The molecule has 21 heavy (non-hydrogen) atoms. The van der Waals surface area contributed by atoms with Crippen LogP contribution in [0.3, 0.4) is 0 Å². The minimum absolute atomic E-state index is 0.158. The third-order valence-corrected chi connectivity index (χ3v) is 3.74. The average Bonchev–Trinajstić information content (AvgIpc) is 2.52. The molecule has 116 valence electrons. The van der Waals surface area contributed by atoms with Crippen LogP contribution in [0.2, 0.25) is 0 Å². The van der Waals surface area contributed by atoms with E-state index in [9.17, 15) is 9.90 Å². The van der Waals surface area contributed by atoms with Gasteiger partial charge in [-0.2, -0.15) is 0 Å². The largest absolute Gasteiger partial charge is 0.388 e. The van der Waals surface area contributed by atoms with Gasteiger partial charge in [0.1, 0.15) is 0 Å². The van der Waals surface area contributed by atoms with Crippen molar-refractivity contribution in [3.63, 3.8) is 0 Å². The summed E-state index contributed by atoms with van der Waals surface area (Å²) in [6.07, 6.45) is 2.11.